The minimum absolute atomic E-state index is 0.0796. The van der Waals surface area contributed by atoms with E-state index in [2.05, 4.69) is 31.2 Å². The number of carbonyl (C=O) groups excluding carboxylic acids is 1. The Bertz CT molecular complexity index is 498. The molecule has 0 N–H and O–H groups in total. The van der Waals surface area contributed by atoms with Crippen LogP contribution in [0.1, 0.15) is 83.6 Å². The average molecular weight is 391 g/mol. The van der Waals surface area contributed by atoms with Crippen molar-refractivity contribution in [2.45, 2.75) is 83.3 Å². The van der Waals surface area contributed by atoms with Gasteiger partial charge in [-0.3, -0.25) is 4.79 Å². The Morgan fingerprint density at radius 2 is 1.56 bits per heavy atom. The number of hydrogen-bond acceptors (Lipinski definition) is 3. The van der Waals surface area contributed by atoms with Gasteiger partial charge < -0.3 is 4.74 Å². The Kier molecular flexibility index (Phi) is 14.9. The zero-order chi connectivity index (χ0) is 19.6. The number of hydrogen-bond donors (Lipinski definition) is 0. The van der Waals surface area contributed by atoms with Crippen molar-refractivity contribution >= 4 is 23.8 Å². The van der Waals surface area contributed by atoms with Crippen LogP contribution in [-0.4, -0.2) is 23.6 Å². The third-order valence-corrected chi connectivity index (χ3v) is 5.70. The zero-order valence-corrected chi connectivity index (χ0v) is 18.1. The molecule has 1 rings (SSSR count). The molecule has 1 aromatic carbocycles. The van der Waals surface area contributed by atoms with E-state index in [1.165, 1.54) is 63.4 Å². The number of ether oxygens (including phenoxy) is 1. The molecule has 1 atom stereocenters. The number of unbranched alkanes of at least 4 members (excludes halogenated alkanes) is 9. The van der Waals surface area contributed by atoms with Crippen molar-refractivity contribution in [3.8, 4) is 0 Å². The third-order valence-electron chi connectivity index (χ3n) is 4.63. The van der Waals surface area contributed by atoms with Crippen LogP contribution in [0.3, 0.4) is 0 Å². The molecule has 1 aromatic rings. The predicted octanol–water partition coefficient (Wildman–Crippen LogP) is 7.29. The molecule has 0 amide bonds. The second kappa shape index (κ2) is 16.9. The van der Waals surface area contributed by atoms with Crippen LogP contribution in [0.25, 0.3) is 6.08 Å². The normalized spacial score (nSPS) is 12.4. The van der Waals surface area contributed by atoms with Gasteiger partial charge in [-0.1, -0.05) is 107 Å². The van der Waals surface area contributed by atoms with Crippen molar-refractivity contribution in [2.75, 3.05) is 12.4 Å². The lowest BCUT2D eigenvalue weighted by atomic mass is 10.1. The van der Waals surface area contributed by atoms with E-state index in [9.17, 15) is 4.79 Å². The molecule has 0 saturated carbocycles. The Morgan fingerprint density at radius 1 is 0.963 bits per heavy atom. The molecule has 0 aliphatic carbocycles. The summed E-state index contributed by atoms with van der Waals surface area (Å²) >= 11 is 1.63. The molecule has 2 nitrogen and oxygen atoms in total. The highest BCUT2D eigenvalue weighted by Gasteiger charge is 2.13. The zero-order valence-electron chi connectivity index (χ0n) is 17.3. The minimum Gasteiger partial charge on any atom is -0.465 e. The van der Waals surface area contributed by atoms with E-state index in [1.54, 1.807) is 11.8 Å². The van der Waals surface area contributed by atoms with Gasteiger partial charge >= 0.3 is 5.97 Å². The van der Waals surface area contributed by atoms with Gasteiger partial charge in [0, 0.05) is 5.75 Å². The van der Waals surface area contributed by atoms with Gasteiger partial charge in [-0.25, -0.2) is 0 Å². The summed E-state index contributed by atoms with van der Waals surface area (Å²) in [5.74, 6) is 0.743. The largest absolute Gasteiger partial charge is 0.465 e. The monoisotopic (exact) mass is 390 g/mol. The van der Waals surface area contributed by atoms with Crippen LogP contribution in [0.2, 0.25) is 0 Å². The SMILES string of the molecule is CCCCCCCCCCCCOC(=O)C(C)SCC=Cc1ccccc1. The number of rotatable bonds is 16. The molecule has 0 fully saturated rings. The maximum Gasteiger partial charge on any atom is 0.318 e. The van der Waals surface area contributed by atoms with Gasteiger partial charge in [-0.05, 0) is 18.9 Å². The summed E-state index contributed by atoms with van der Waals surface area (Å²) in [5.41, 5.74) is 1.19. The highest BCUT2D eigenvalue weighted by atomic mass is 32.2. The molecule has 0 heterocycles. The molecule has 152 valence electrons. The van der Waals surface area contributed by atoms with E-state index in [0.717, 1.165) is 12.2 Å². The summed E-state index contributed by atoms with van der Waals surface area (Å²) < 4.78 is 5.41. The number of benzene rings is 1. The van der Waals surface area contributed by atoms with Crippen LogP contribution in [-0.2, 0) is 9.53 Å². The minimum atomic E-state index is -0.103. The second-order valence-electron chi connectivity index (χ2n) is 7.14. The first kappa shape index (κ1) is 23.8. The van der Waals surface area contributed by atoms with E-state index in [4.69, 9.17) is 4.74 Å². The van der Waals surface area contributed by atoms with Crippen LogP contribution in [0, 0.1) is 0 Å². The lowest BCUT2D eigenvalue weighted by molar-refractivity contribution is -0.142. The quantitative estimate of drug-likeness (QED) is 0.219. The third kappa shape index (κ3) is 13.6. The Morgan fingerprint density at radius 3 is 2.19 bits per heavy atom. The van der Waals surface area contributed by atoms with Gasteiger partial charge in [-0.15, -0.1) is 11.8 Å². The fourth-order valence-corrected chi connectivity index (χ4v) is 3.60. The van der Waals surface area contributed by atoms with E-state index < -0.39 is 0 Å². The van der Waals surface area contributed by atoms with Crippen molar-refractivity contribution < 1.29 is 9.53 Å². The lowest BCUT2D eigenvalue weighted by Crippen LogP contribution is -2.17. The van der Waals surface area contributed by atoms with Crippen LogP contribution < -0.4 is 0 Å². The van der Waals surface area contributed by atoms with Gasteiger partial charge in [0.25, 0.3) is 0 Å². The molecule has 3 heteroatoms. The van der Waals surface area contributed by atoms with Gasteiger partial charge in [0.1, 0.15) is 0 Å². The topological polar surface area (TPSA) is 26.3 Å². The van der Waals surface area contributed by atoms with E-state index >= 15 is 0 Å². The summed E-state index contributed by atoms with van der Waals surface area (Å²) in [6, 6.07) is 10.2. The molecule has 0 aliphatic heterocycles. The fourth-order valence-electron chi connectivity index (χ4n) is 2.90. The Balaban J connectivity index is 1.94. The lowest BCUT2D eigenvalue weighted by Gasteiger charge is -2.10. The van der Waals surface area contributed by atoms with Crippen LogP contribution in [0.4, 0.5) is 0 Å². The first-order chi connectivity index (χ1) is 13.2. The van der Waals surface area contributed by atoms with Crippen molar-refractivity contribution in [1.29, 1.82) is 0 Å². The first-order valence-corrected chi connectivity index (χ1v) is 11.8. The second-order valence-corrected chi connectivity index (χ2v) is 8.51. The molecule has 0 aliphatic rings. The number of esters is 1. The fraction of sp³-hybridized carbons (Fsp3) is 0.625. The summed E-state index contributed by atoms with van der Waals surface area (Å²) in [6.45, 7) is 4.76. The van der Waals surface area contributed by atoms with Crippen LogP contribution >= 0.6 is 11.8 Å². The molecule has 1 unspecified atom stereocenters. The molecule has 27 heavy (non-hydrogen) atoms. The van der Waals surface area contributed by atoms with Gasteiger partial charge in [0.15, 0.2) is 0 Å². The first-order valence-electron chi connectivity index (χ1n) is 10.7. The summed E-state index contributed by atoms with van der Waals surface area (Å²) in [7, 11) is 0. The summed E-state index contributed by atoms with van der Waals surface area (Å²) in [6.07, 6.45) is 17.2. The van der Waals surface area contributed by atoms with Crippen molar-refractivity contribution in [3.05, 3.63) is 42.0 Å². The molecular formula is C24H38O2S. The number of thioether (sulfide) groups is 1. The smallest absolute Gasteiger partial charge is 0.318 e. The predicted molar refractivity (Wildman–Crippen MR) is 120 cm³/mol. The van der Waals surface area contributed by atoms with Crippen LogP contribution in [0.5, 0.6) is 0 Å². The molecule has 0 bridgehead atoms. The van der Waals surface area contributed by atoms with E-state index in [-0.39, 0.29) is 11.2 Å². The van der Waals surface area contributed by atoms with Crippen molar-refractivity contribution in [2.24, 2.45) is 0 Å². The van der Waals surface area contributed by atoms with Gasteiger partial charge in [0.05, 0.1) is 11.9 Å². The maximum absolute atomic E-state index is 12.0. The summed E-state index contributed by atoms with van der Waals surface area (Å²) in [5, 5.41) is -0.103. The van der Waals surface area contributed by atoms with E-state index in [0.29, 0.717) is 6.61 Å². The standard InChI is InChI=1S/C24H38O2S/c1-3-4-5-6-7-8-9-10-11-15-20-26-24(25)22(2)27-21-16-19-23-17-13-12-14-18-23/h12-14,16-19,22H,3-11,15,20-21H2,1-2H3. The van der Waals surface area contributed by atoms with Gasteiger partial charge in [-0.2, -0.15) is 0 Å². The highest BCUT2D eigenvalue weighted by Crippen LogP contribution is 2.14. The molecule has 0 radical (unpaired) electrons. The van der Waals surface area contributed by atoms with Crippen molar-refractivity contribution in [1.82, 2.24) is 0 Å². The van der Waals surface area contributed by atoms with E-state index in [1.807, 2.05) is 25.1 Å². The molecule has 0 spiro atoms. The molecule has 0 aromatic heterocycles. The molecular weight excluding hydrogens is 352 g/mol. The average Bonchev–Trinajstić information content (AvgIpc) is 2.69. The molecule has 0 saturated heterocycles. The van der Waals surface area contributed by atoms with Gasteiger partial charge in [0.2, 0.25) is 0 Å². The highest BCUT2D eigenvalue weighted by molar-refractivity contribution is 8.00. The number of carbonyl (C=O) groups is 1. The Hall–Kier alpha value is -1.22. The van der Waals surface area contributed by atoms with Crippen molar-refractivity contribution in [3.63, 3.8) is 0 Å². The summed E-state index contributed by atoms with van der Waals surface area (Å²) in [4.78, 5) is 12.0. The maximum atomic E-state index is 12.0. The van der Waals surface area contributed by atoms with Crippen LogP contribution in [0.15, 0.2) is 36.4 Å². The Labute approximate surface area is 171 Å².